The van der Waals surface area contributed by atoms with Crippen LogP contribution in [0.15, 0.2) is 48.8 Å². The lowest BCUT2D eigenvalue weighted by Crippen LogP contribution is -2.37. The summed E-state index contributed by atoms with van der Waals surface area (Å²) >= 11 is 0. The van der Waals surface area contributed by atoms with Crippen molar-refractivity contribution in [3.05, 3.63) is 54.4 Å². The van der Waals surface area contributed by atoms with Gasteiger partial charge in [0.15, 0.2) is 17.3 Å². The van der Waals surface area contributed by atoms with E-state index in [0.29, 0.717) is 30.2 Å². The van der Waals surface area contributed by atoms with Crippen molar-refractivity contribution < 1.29 is 18.3 Å². The normalized spacial score (nSPS) is 15.3. The van der Waals surface area contributed by atoms with Crippen molar-refractivity contribution in [2.24, 2.45) is 5.92 Å². The third-order valence-corrected chi connectivity index (χ3v) is 4.84. The summed E-state index contributed by atoms with van der Waals surface area (Å²) in [5, 5.41) is 13.7. The Balaban J connectivity index is 1.47. The van der Waals surface area contributed by atoms with Gasteiger partial charge in [-0.1, -0.05) is 30.3 Å². The Morgan fingerprint density at radius 3 is 2.73 bits per heavy atom. The molecule has 9 nitrogen and oxygen atoms in total. The molecule has 0 amide bonds. The monoisotopic (exact) mass is 413 g/mol. The third kappa shape index (κ3) is 3.54. The molecular formula is C19H17F2N7O2. The van der Waals surface area contributed by atoms with E-state index in [-0.39, 0.29) is 23.7 Å². The summed E-state index contributed by atoms with van der Waals surface area (Å²) in [7, 11) is 0. The molecule has 1 atom stereocenters. The number of rotatable bonds is 7. The second-order valence-electron chi connectivity index (χ2n) is 6.83. The van der Waals surface area contributed by atoms with Crippen LogP contribution < -0.4 is 10.1 Å². The number of hydrogen-bond donors (Lipinski definition) is 2. The van der Waals surface area contributed by atoms with Gasteiger partial charge in [-0.15, -0.1) is 0 Å². The molecule has 3 aromatic heterocycles. The minimum atomic E-state index is -2.94. The molecule has 1 saturated heterocycles. The van der Waals surface area contributed by atoms with Crippen LogP contribution in [0.3, 0.4) is 0 Å². The highest BCUT2D eigenvalue weighted by molar-refractivity contribution is 5.72. The van der Waals surface area contributed by atoms with Gasteiger partial charge in [0.05, 0.1) is 31.6 Å². The number of halogens is 2. The van der Waals surface area contributed by atoms with Gasteiger partial charge < -0.3 is 14.8 Å². The highest BCUT2D eigenvalue weighted by Crippen LogP contribution is 2.33. The fourth-order valence-electron chi connectivity index (χ4n) is 3.44. The molecule has 4 heterocycles. The first kappa shape index (κ1) is 18.4. The lowest BCUT2D eigenvalue weighted by atomic mass is 9.91. The van der Waals surface area contributed by atoms with E-state index in [1.807, 2.05) is 22.9 Å². The van der Waals surface area contributed by atoms with Gasteiger partial charge in [0.1, 0.15) is 5.52 Å². The van der Waals surface area contributed by atoms with E-state index < -0.39 is 6.61 Å². The zero-order valence-corrected chi connectivity index (χ0v) is 15.6. The van der Waals surface area contributed by atoms with Crippen molar-refractivity contribution in [3.8, 4) is 5.88 Å². The Kier molecular flexibility index (Phi) is 4.71. The molecular weight excluding hydrogens is 396 g/mol. The zero-order chi connectivity index (χ0) is 20.5. The zero-order valence-electron chi connectivity index (χ0n) is 15.6. The number of hydrogen-bond acceptors (Lipinski definition) is 7. The molecule has 30 heavy (non-hydrogen) atoms. The second-order valence-corrected chi connectivity index (χ2v) is 6.83. The summed E-state index contributed by atoms with van der Waals surface area (Å²) in [4.78, 5) is 9.03. The van der Waals surface area contributed by atoms with Gasteiger partial charge in [-0.2, -0.15) is 19.0 Å². The number of nitrogens with zero attached hydrogens (tertiary/aromatic N) is 5. The van der Waals surface area contributed by atoms with Gasteiger partial charge in [0.2, 0.25) is 5.88 Å². The lowest BCUT2D eigenvalue weighted by Gasteiger charge is -2.34. The molecule has 1 fully saturated rings. The Morgan fingerprint density at radius 2 is 2.00 bits per heavy atom. The van der Waals surface area contributed by atoms with Crippen LogP contribution >= 0.6 is 0 Å². The van der Waals surface area contributed by atoms with E-state index in [1.54, 1.807) is 6.20 Å². The SMILES string of the molecule is FC(F)Oc1cc(Nc2cnc3cnn(C(c4ccccc4)C4COC4)c3n2)n[nH]1. The number of aromatic amines is 1. The van der Waals surface area contributed by atoms with Gasteiger partial charge in [-0.3, -0.25) is 0 Å². The molecule has 0 saturated carbocycles. The van der Waals surface area contributed by atoms with E-state index in [0.717, 1.165) is 5.56 Å². The summed E-state index contributed by atoms with van der Waals surface area (Å²) in [5.41, 5.74) is 2.35. The Hall–Kier alpha value is -3.60. The minimum absolute atomic E-state index is 0.0431. The van der Waals surface area contributed by atoms with Crippen LogP contribution in [0.4, 0.5) is 20.4 Å². The Bertz CT molecular complexity index is 1140. The fourth-order valence-corrected chi connectivity index (χ4v) is 3.44. The van der Waals surface area contributed by atoms with E-state index >= 15 is 0 Å². The molecule has 1 unspecified atom stereocenters. The fraction of sp³-hybridized carbons (Fsp3) is 0.263. The predicted octanol–water partition coefficient (Wildman–Crippen LogP) is 3.13. The third-order valence-electron chi connectivity index (χ3n) is 4.84. The van der Waals surface area contributed by atoms with Crippen LogP contribution in [0, 0.1) is 5.92 Å². The van der Waals surface area contributed by atoms with Gasteiger partial charge in [-0.25, -0.2) is 19.7 Å². The molecule has 0 spiro atoms. The average Bonchev–Trinajstić information content (AvgIpc) is 3.31. The topological polar surface area (TPSA) is 103 Å². The number of anilines is 2. The predicted molar refractivity (Wildman–Crippen MR) is 103 cm³/mol. The van der Waals surface area contributed by atoms with Crippen molar-refractivity contribution in [1.29, 1.82) is 0 Å². The van der Waals surface area contributed by atoms with Crippen LogP contribution in [0.2, 0.25) is 0 Å². The smallest absolute Gasteiger partial charge is 0.388 e. The van der Waals surface area contributed by atoms with Crippen LogP contribution in [0.25, 0.3) is 11.2 Å². The van der Waals surface area contributed by atoms with Crippen molar-refractivity contribution in [1.82, 2.24) is 29.9 Å². The number of aromatic nitrogens is 6. The van der Waals surface area contributed by atoms with Crippen molar-refractivity contribution in [3.63, 3.8) is 0 Å². The molecule has 1 aliphatic rings. The average molecular weight is 413 g/mol. The summed E-state index contributed by atoms with van der Waals surface area (Å²) in [6.45, 7) is -1.65. The Labute approximate surface area is 169 Å². The first-order chi connectivity index (χ1) is 14.7. The van der Waals surface area contributed by atoms with Crippen LogP contribution in [0.5, 0.6) is 5.88 Å². The maximum Gasteiger partial charge on any atom is 0.388 e. The molecule has 0 radical (unpaired) electrons. The largest absolute Gasteiger partial charge is 0.417 e. The summed E-state index contributed by atoms with van der Waals surface area (Å²) in [5.74, 6) is 0.795. The lowest BCUT2D eigenvalue weighted by molar-refractivity contribution is -0.0528. The molecule has 0 aliphatic carbocycles. The quantitative estimate of drug-likeness (QED) is 0.480. The van der Waals surface area contributed by atoms with Gasteiger partial charge in [0, 0.05) is 12.0 Å². The maximum absolute atomic E-state index is 12.3. The first-order valence-electron chi connectivity index (χ1n) is 9.27. The van der Waals surface area contributed by atoms with E-state index in [9.17, 15) is 8.78 Å². The number of ether oxygens (including phenoxy) is 2. The molecule has 5 rings (SSSR count). The van der Waals surface area contributed by atoms with Gasteiger partial charge in [-0.05, 0) is 5.56 Å². The molecule has 0 bridgehead atoms. The van der Waals surface area contributed by atoms with E-state index in [1.165, 1.54) is 12.3 Å². The van der Waals surface area contributed by atoms with Crippen molar-refractivity contribution in [2.45, 2.75) is 12.7 Å². The molecule has 1 aliphatic heterocycles. The number of alkyl halides is 2. The van der Waals surface area contributed by atoms with E-state index in [2.05, 4.69) is 47.5 Å². The molecule has 2 N–H and O–H groups in total. The molecule has 11 heteroatoms. The number of H-pyrrole nitrogens is 1. The summed E-state index contributed by atoms with van der Waals surface area (Å²) in [6.07, 6.45) is 3.20. The number of benzene rings is 1. The highest BCUT2D eigenvalue weighted by Gasteiger charge is 2.33. The minimum Gasteiger partial charge on any atom is -0.417 e. The van der Waals surface area contributed by atoms with Crippen LogP contribution in [-0.2, 0) is 4.74 Å². The first-order valence-corrected chi connectivity index (χ1v) is 9.27. The number of nitrogens with one attached hydrogen (secondary N) is 2. The van der Waals surface area contributed by atoms with Crippen molar-refractivity contribution in [2.75, 3.05) is 18.5 Å². The summed E-state index contributed by atoms with van der Waals surface area (Å²) < 4.78 is 36.2. The molecule has 4 aromatic rings. The molecule has 1 aromatic carbocycles. The van der Waals surface area contributed by atoms with Crippen molar-refractivity contribution >= 4 is 22.8 Å². The van der Waals surface area contributed by atoms with Gasteiger partial charge in [0.25, 0.3) is 0 Å². The Morgan fingerprint density at radius 1 is 1.17 bits per heavy atom. The van der Waals surface area contributed by atoms with Crippen LogP contribution in [0.1, 0.15) is 11.6 Å². The maximum atomic E-state index is 12.3. The van der Waals surface area contributed by atoms with E-state index in [4.69, 9.17) is 4.74 Å². The number of fused-ring (bicyclic) bond motifs is 1. The van der Waals surface area contributed by atoms with Gasteiger partial charge >= 0.3 is 6.61 Å². The summed E-state index contributed by atoms with van der Waals surface area (Å²) in [6, 6.07) is 11.3. The van der Waals surface area contributed by atoms with Crippen LogP contribution in [-0.4, -0.2) is 49.8 Å². The molecule has 154 valence electrons. The standard InChI is InChI=1S/C19H17F2N7O2/c20-19(21)30-16-6-14(26-27-16)24-15-8-22-13-7-23-28(18(13)25-15)17(12-9-29-10-12)11-4-2-1-3-5-11/h1-8,12,17,19H,9-10H2,(H2,24,25,26,27). The highest BCUT2D eigenvalue weighted by atomic mass is 19.3. The second kappa shape index (κ2) is 7.67.